The molecule has 2 heterocycles. The first kappa shape index (κ1) is 28.7. The van der Waals surface area contributed by atoms with Gasteiger partial charge in [-0.25, -0.2) is 0 Å². The van der Waals surface area contributed by atoms with Crippen molar-refractivity contribution >= 4 is 34.7 Å². The molecule has 4 rings (SSSR count). The molecule has 1 aromatic rings. The van der Waals surface area contributed by atoms with Crippen LogP contribution in [-0.2, 0) is 32.0 Å². The number of benzene rings is 1. The number of amides is 1. The van der Waals surface area contributed by atoms with E-state index in [0.717, 1.165) is 44.3 Å². The topological polar surface area (TPSA) is 84.9 Å². The number of ether oxygens (including phenoxy) is 2. The number of nitrogens with zero attached hydrogens (tertiary/aromatic N) is 1. The Morgan fingerprint density at radius 3 is 2.71 bits per heavy atom. The average Bonchev–Trinajstić information content (AvgIpc) is 3.55. The number of unbranched alkanes of at least 4 members (excludes halogenated alkanes) is 2. The lowest BCUT2D eigenvalue weighted by molar-refractivity contribution is -0.148. The summed E-state index contributed by atoms with van der Waals surface area (Å²) in [4.78, 5) is 41.2. The van der Waals surface area contributed by atoms with Crippen molar-refractivity contribution in [3.63, 3.8) is 0 Å². The van der Waals surface area contributed by atoms with Gasteiger partial charge in [0.15, 0.2) is 5.78 Å². The molecular formula is C30H42N2O5S. The second kappa shape index (κ2) is 13.2. The van der Waals surface area contributed by atoms with Gasteiger partial charge in [-0.15, -0.1) is 0 Å². The van der Waals surface area contributed by atoms with Gasteiger partial charge in [-0.2, -0.15) is 0 Å². The Labute approximate surface area is 232 Å². The molecule has 2 saturated heterocycles. The largest absolute Gasteiger partial charge is 0.496 e. The zero-order chi connectivity index (χ0) is 27.2. The van der Waals surface area contributed by atoms with Crippen molar-refractivity contribution < 1.29 is 23.9 Å². The van der Waals surface area contributed by atoms with Gasteiger partial charge < -0.3 is 14.4 Å². The highest BCUT2D eigenvalue weighted by Crippen LogP contribution is 2.33. The first-order chi connectivity index (χ1) is 18.3. The molecule has 0 saturated carbocycles. The molecule has 0 spiro atoms. The Balaban J connectivity index is 1.22. The number of hydrogen-bond donors (Lipinski definition) is 1. The van der Waals surface area contributed by atoms with E-state index >= 15 is 0 Å². The molecule has 0 aromatic heterocycles. The minimum atomic E-state index is -0.745. The lowest BCUT2D eigenvalue weighted by Crippen LogP contribution is -2.49. The molecule has 1 N–H and O–H groups in total. The molecule has 0 radical (unpaired) electrons. The number of aryl methyl sites for hydroxylation is 2. The monoisotopic (exact) mass is 542 g/mol. The van der Waals surface area contributed by atoms with Crippen molar-refractivity contribution in [1.82, 2.24) is 10.2 Å². The van der Waals surface area contributed by atoms with Crippen LogP contribution in [0.2, 0.25) is 0 Å². The first-order valence-electron chi connectivity index (χ1n) is 14.3. The van der Waals surface area contributed by atoms with Crippen molar-refractivity contribution in [2.24, 2.45) is 11.8 Å². The van der Waals surface area contributed by atoms with Crippen LogP contribution in [-0.4, -0.2) is 66.3 Å². The van der Waals surface area contributed by atoms with E-state index < -0.39 is 24.0 Å². The van der Waals surface area contributed by atoms with Crippen molar-refractivity contribution in [2.45, 2.75) is 90.1 Å². The summed E-state index contributed by atoms with van der Waals surface area (Å²) >= 11 is 5.43. The van der Waals surface area contributed by atoms with Gasteiger partial charge in [0, 0.05) is 24.4 Å². The van der Waals surface area contributed by atoms with Crippen molar-refractivity contribution in [3.05, 3.63) is 28.8 Å². The highest BCUT2D eigenvalue weighted by molar-refractivity contribution is 7.80. The maximum absolute atomic E-state index is 13.5. The molecule has 0 bridgehead atoms. The number of methoxy groups -OCH3 is 1. The summed E-state index contributed by atoms with van der Waals surface area (Å²) in [6.45, 7) is 5.04. The second-order valence-electron chi connectivity index (χ2n) is 11.0. The summed E-state index contributed by atoms with van der Waals surface area (Å²) in [6.07, 6.45) is 9.50. The third-order valence-electron chi connectivity index (χ3n) is 8.48. The quantitative estimate of drug-likeness (QED) is 0.256. The second-order valence-corrected chi connectivity index (χ2v) is 11.5. The average molecular weight is 543 g/mol. The smallest absolute Gasteiger partial charge is 0.324 e. The van der Waals surface area contributed by atoms with E-state index in [1.807, 2.05) is 0 Å². The Morgan fingerprint density at radius 1 is 1.13 bits per heavy atom. The molecule has 38 heavy (non-hydrogen) atoms. The molecule has 8 heteroatoms. The minimum absolute atomic E-state index is 0.0430. The van der Waals surface area contributed by atoms with Crippen LogP contribution in [0.4, 0.5) is 0 Å². The number of Topliss-reactive ketones (excluding diaryl/α,β-unsaturated/α-hetero) is 1. The van der Waals surface area contributed by atoms with Gasteiger partial charge in [0.25, 0.3) is 0 Å². The predicted molar refractivity (Wildman–Crippen MR) is 151 cm³/mol. The molecular weight excluding hydrogens is 500 g/mol. The Hall–Kier alpha value is -2.32. The van der Waals surface area contributed by atoms with Gasteiger partial charge in [0.2, 0.25) is 5.91 Å². The normalized spacial score (nSPS) is 24.8. The lowest BCUT2D eigenvalue weighted by Gasteiger charge is -2.27. The van der Waals surface area contributed by atoms with E-state index in [9.17, 15) is 14.4 Å². The summed E-state index contributed by atoms with van der Waals surface area (Å²) in [6, 6.07) is 3.25. The Bertz CT molecular complexity index is 1060. The summed E-state index contributed by atoms with van der Waals surface area (Å²) in [5.74, 6) is 0.458. The molecule has 1 aliphatic carbocycles. The number of rotatable bonds is 11. The molecule has 2 aliphatic heterocycles. The number of esters is 1. The van der Waals surface area contributed by atoms with Gasteiger partial charge in [0.05, 0.1) is 25.7 Å². The highest BCUT2D eigenvalue weighted by atomic mass is 32.1. The number of fused-ring (bicyclic) bond motifs is 1. The molecule has 7 nitrogen and oxygen atoms in total. The van der Waals surface area contributed by atoms with Gasteiger partial charge in [-0.1, -0.05) is 37.5 Å². The zero-order valence-corrected chi connectivity index (χ0v) is 23.9. The number of likely N-dealkylation sites (tertiary alicyclic amines) is 1. The van der Waals surface area contributed by atoms with E-state index in [-0.39, 0.29) is 18.3 Å². The first-order valence-corrected chi connectivity index (χ1v) is 14.7. The van der Waals surface area contributed by atoms with E-state index in [0.29, 0.717) is 36.7 Å². The SMILES string of the molecule is CCOC(=O)[C@H]1NCC(=S)C1C(=O)[C@@H]1CCCN1C(=O)CCCCCC1CCc2cc(OC)c(C)cc2C1. The van der Waals surface area contributed by atoms with E-state index in [2.05, 4.69) is 24.4 Å². The number of ketones is 1. The molecule has 2 fully saturated rings. The molecule has 208 valence electrons. The van der Waals surface area contributed by atoms with Crippen LogP contribution >= 0.6 is 12.2 Å². The Morgan fingerprint density at radius 2 is 1.95 bits per heavy atom. The van der Waals surface area contributed by atoms with E-state index in [4.69, 9.17) is 21.7 Å². The fourth-order valence-corrected chi connectivity index (χ4v) is 6.78. The minimum Gasteiger partial charge on any atom is -0.496 e. The van der Waals surface area contributed by atoms with Crippen LogP contribution < -0.4 is 10.1 Å². The Kier molecular flexibility index (Phi) is 9.93. The fraction of sp³-hybridized carbons (Fsp3) is 0.667. The van der Waals surface area contributed by atoms with Gasteiger partial charge in [-0.3, -0.25) is 19.7 Å². The lowest BCUT2D eigenvalue weighted by atomic mass is 9.80. The van der Waals surface area contributed by atoms with Crippen LogP contribution in [0.1, 0.15) is 75.0 Å². The standard InChI is InChI=1S/C30H42N2O5S/c1-4-37-30(35)28-27(25(38)18-31-28)29(34)23-10-8-14-32(23)26(33)11-7-5-6-9-20-12-13-21-17-24(36-3)19(2)15-22(21)16-20/h15,17,20,23,27-28,31H,4-14,16,18H2,1-3H3/t20?,23-,27?,28-/m0/s1. The maximum Gasteiger partial charge on any atom is 0.324 e. The van der Waals surface area contributed by atoms with Gasteiger partial charge in [-0.05, 0) is 81.0 Å². The van der Waals surface area contributed by atoms with Crippen LogP contribution in [0.15, 0.2) is 12.1 Å². The van der Waals surface area contributed by atoms with Crippen molar-refractivity contribution in [1.29, 1.82) is 0 Å². The third-order valence-corrected chi connectivity index (χ3v) is 8.87. The zero-order valence-electron chi connectivity index (χ0n) is 23.1. The number of hydrogen-bond acceptors (Lipinski definition) is 7. The van der Waals surface area contributed by atoms with E-state index in [1.54, 1.807) is 18.9 Å². The van der Waals surface area contributed by atoms with Crippen LogP contribution in [0.25, 0.3) is 0 Å². The van der Waals surface area contributed by atoms with Crippen LogP contribution in [0.3, 0.4) is 0 Å². The summed E-state index contributed by atoms with van der Waals surface area (Å²) < 4.78 is 10.6. The number of carbonyl (C=O) groups is 3. The van der Waals surface area contributed by atoms with Crippen LogP contribution in [0.5, 0.6) is 5.75 Å². The summed E-state index contributed by atoms with van der Waals surface area (Å²) in [5.41, 5.74) is 4.08. The number of nitrogens with one attached hydrogen (secondary N) is 1. The van der Waals surface area contributed by atoms with Gasteiger partial charge in [0.1, 0.15) is 11.8 Å². The summed E-state index contributed by atoms with van der Waals surface area (Å²) in [7, 11) is 1.73. The predicted octanol–water partition coefficient (Wildman–Crippen LogP) is 4.14. The third kappa shape index (κ3) is 6.45. The van der Waals surface area contributed by atoms with Crippen molar-refractivity contribution in [3.8, 4) is 5.75 Å². The molecule has 4 atom stereocenters. The fourth-order valence-electron chi connectivity index (χ4n) is 6.45. The van der Waals surface area contributed by atoms with Crippen LogP contribution in [0, 0.1) is 18.8 Å². The van der Waals surface area contributed by atoms with E-state index in [1.165, 1.54) is 29.5 Å². The summed E-state index contributed by atoms with van der Waals surface area (Å²) in [5, 5.41) is 3.03. The van der Waals surface area contributed by atoms with Crippen molar-refractivity contribution in [2.75, 3.05) is 26.8 Å². The number of thiocarbonyl (C=S) groups is 1. The molecule has 1 amide bonds. The molecule has 1 aromatic carbocycles. The highest BCUT2D eigenvalue weighted by Gasteiger charge is 2.47. The maximum atomic E-state index is 13.5. The molecule has 2 unspecified atom stereocenters. The van der Waals surface area contributed by atoms with Gasteiger partial charge >= 0.3 is 5.97 Å². The molecule has 3 aliphatic rings. The number of carbonyl (C=O) groups excluding carboxylic acids is 3.